The van der Waals surface area contributed by atoms with Crippen molar-refractivity contribution in [2.24, 2.45) is 0 Å². The predicted octanol–water partition coefficient (Wildman–Crippen LogP) is 2.72. The van der Waals surface area contributed by atoms with Crippen LogP contribution in [0.5, 0.6) is 0 Å². The van der Waals surface area contributed by atoms with Crippen LogP contribution in [0.1, 0.15) is 58.8 Å². The summed E-state index contributed by atoms with van der Waals surface area (Å²) in [6.07, 6.45) is 9.70. The van der Waals surface area contributed by atoms with Crippen molar-refractivity contribution >= 4 is 5.91 Å². The van der Waals surface area contributed by atoms with Gasteiger partial charge in [0, 0.05) is 24.3 Å². The smallest absolute Gasteiger partial charge is 0.263 e. The highest BCUT2D eigenvalue weighted by Crippen LogP contribution is 2.24. The molecule has 1 N–H and O–H groups in total. The van der Waals surface area contributed by atoms with E-state index >= 15 is 0 Å². The van der Waals surface area contributed by atoms with Crippen LogP contribution in [0.25, 0.3) is 0 Å². The Morgan fingerprint density at radius 3 is 2.30 bits per heavy atom. The van der Waals surface area contributed by atoms with Crippen molar-refractivity contribution in [3.8, 4) is 6.07 Å². The molecular formula is C16H25N3O. The Kier molecular flexibility index (Phi) is 5.05. The second-order valence-corrected chi connectivity index (χ2v) is 6.19. The highest BCUT2D eigenvalue weighted by atomic mass is 16.1. The van der Waals surface area contributed by atoms with Gasteiger partial charge in [0.15, 0.2) is 0 Å². The van der Waals surface area contributed by atoms with E-state index in [0.717, 1.165) is 25.7 Å². The number of nitrogens with zero attached hydrogens (tertiary/aromatic N) is 2. The van der Waals surface area contributed by atoms with Crippen molar-refractivity contribution in [1.29, 1.82) is 5.26 Å². The summed E-state index contributed by atoms with van der Waals surface area (Å²) in [6.45, 7) is 4.33. The van der Waals surface area contributed by atoms with E-state index in [1.807, 2.05) is 0 Å². The van der Waals surface area contributed by atoms with Gasteiger partial charge in [0.25, 0.3) is 5.91 Å². The molecule has 20 heavy (non-hydrogen) atoms. The molecule has 2 unspecified atom stereocenters. The average molecular weight is 275 g/mol. The highest BCUT2D eigenvalue weighted by molar-refractivity contribution is 5.97. The zero-order chi connectivity index (χ0) is 14.5. The van der Waals surface area contributed by atoms with Gasteiger partial charge in [-0.25, -0.2) is 0 Å². The molecule has 1 saturated heterocycles. The first-order chi connectivity index (χ1) is 9.61. The van der Waals surface area contributed by atoms with Crippen molar-refractivity contribution in [2.75, 3.05) is 0 Å². The first-order valence-electron chi connectivity index (χ1n) is 7.82. The molecule has 2 aliphatic rings. The van der Waals surface area contributed by atoms with Crippen LogP contribution in [0.15, 0.2) is 11.8 Å². The zero-order valence-corrected chi connectivity index (χ0v) is 12.6. The van der Waals surface area contributed by atoms with E-state index in [2.05, 4.69) is 30.1 Å². The number of piperidine rings is 1. The van der Waals surface area contributed by atoms with E-state index in [4.69, 9.17) is 0 Å². The van der Waals surface area contributed by atoms with Crippen molar-refractivity contribution in [3.05, 3.63) is 11.8 Å². The number of carbonyl (C=O) groups excluding carboxylic acids is 1. The van der Waals surface area contributed by atoms with E-state index in [-0.39, 0.29) is 17.5 Å². The predicted molar refractivity (Wildman–Crippen MR) is 78.7 cm³/mol. The summed E-state index contributed by atoms with van der Waals surface area (Å²) in [4.78, 5) is 14.4. The maximum atomic E-state index is 12.2. The summed E-state index contributed by atoms with van der Waals surface area (Å²) in [5, 5.41) is 12.3. The number of carbonyl (C=O) groups is 1. The quantitative estimate of drug-likeness (QED) is 0.636. The molecule has 1 amide bonds. The second-order valence-electron chi connectivity index (χ2n) is 6.19. The third-order valence-electron chi connectivity index (χ3n) is 4.60. The molecule has 0 aromatic rings. The van der Waals surface area contributed by atoms with Crippen LogP contribution < -0.4 is 5.32 Å². The lowest BCUT2D eigenvalue weighted by Crippen LogP contribution is -2.41. The Labute approximate surface area is 121 Å². The van der Waals surface area contributed by atoms with Gasteiger partial charge in [-0.2, -0.15) is 5.26 Å². The number of rotatable bonds is 3. The number of likely N-dealkylation sites (tertiary alicyclic amines) is 1. The van der Waals surface area contributed by atoms with Gasteiger partial charge in [0.2, 0.25) is 0 Å². The first-order valence-corrected chi connectivity index (χ1v) is 7.82. The lowest BCUT2D eigenvalue weighted by molar-refractivity contribution is -0.117. The Morgan fingerprint density at radius 1 is 1.15 bits per heavy atom. The Hall–Kier alpha value is -1.50. The maximum absolute atomic E-state index is 12.2. The van der Waals surface area contributed by atoms with Crippen LogP contribution in [0.2, 0.25) is 0 Å². The lowest BCUT2D eigenvalue weighted by atomic mass is 9.98. The van der Waals surface area contributed by atoms with Crippen LogP contribution in [0, 0.1) is 11.3 Å². The van der Waals surface area contributed by atoms with E-state index in [9.17, 15) is 10.1 Å². The molecule has 1 aliphatic carbocycles. The summed E-state index contributed by atoms with van der Waals surface area (Å²) in [6, 6.07) is 3.14. The number of nitriles is 1. The zero-order valence-electron chi connectivity index (χ0n) is 12.6. The SMILES string of the molecule is CC1CCCC(C)N1/C=C(/C#N)C(=O)NC1CCCC1. The van der Waals surface area contributed by atoms with Crippen molar-refractivity contribution in [1.82, 2.24) is 10.2 Å². The van der Waals surface area contributed by atoms with Gasteiger partial charge in [-0.1, -0.05) is 12.8 Å². The molecule has 2 fully saturated rings. The molecule has 0 aromatic carbocycles. The van der Waals surface area contributed by atoms with E-state index in [1.54, 1.807) is 6.20 Å². The molecule has 2 rings (SSSR count). The minimum Gasteiger partial charge on any atom is -0.371 e. The third-order valence-corrected chi connectivity index (χ3v) is 4.60. The summed E-state index contributed by atoms with van der Waals surface area (Å²) in [7, 11) is 0. The minimum absolute atomic E-state index is 0.204. The Bertz CT molecular complexity index is 408. The lowest BCUT2D eigenvalue weighted by Gasteiger charge is -2.38. The van der Waals surface area contributed by atoms with E-state index < -0.39 is 0 Å². The molecule has 0 spiro atoms. The first kappa shape index (κ1) is 14.9. The average Bonchev–Trinajstić information content (AvgIpc) is 2.91. The monoisotopic (exact) mass is 275 g/mol. The number of hydrogen-bond acceptors (Lipinski definition) is 3. The molecule has 0 aromatic heterocycles. The highest BCUT2D eigenvalue weighted by Gasteiger charge is 2.25. The molecular weight excluding hydrogens is 250 g/mol. The molecule has 1 heterocycles. The van der Waals surface area contributed by atoms with Crippen LogP contribution in [0.3, 0.4) is 0 Å². The fourth-order valence-electron chi connectivity index (χ4n) is 3.32. The van der Waals surface area contributed by atoms with Gasteiger partial charge in [0.05, 0.1) is 0 Å². The molecule has 0 radical (unpaired) electrons. The number of nitrogens with one attached hydrogen (secondary N) is 1. The summed E-state index contributed by atoms with van der Waals surface area (Å²) < 4.78 is 0. The van der Waals surface area contributed by atoms with Crippen molar-refractivity contribution in [2.45, 2.75) is 76.9 Å². The maximum Gasteiger partial charge on any atom is 0.263 e. The van der Waals surface area contributed by atoms with Crippen LogP contribution in [-0.2, 0) is 4.79 Å². The molecule has 4 heteroatoms. The fraction of sp³-hybridized carbons (Fsp3) is 0.750. The topological polar surface area (TPSA) is 56.1 Å². The molecule has 2 atom stereocenters. The summed E-state index contributed by atoms with van der Waals surface area (Å²) in [5.74, 6) is -0.204. The molecule has 0 bridgehead atoms. The van der Waals surface area contributed by atoms with Crippen molar-refractivity contribution in [3.63, 3.8) is 0 Å². The van der Waals surface area contributed by atoms with Gasteiger partial charge in [-0.15, -0.1) is 0 Å². The number of amides is 1. The van der Waals surface area contributed by atoms with Gasteiger partial charge in [-0.3, -0.25) is 4.79 Å². The van der Waals surface area contributed by atoms with Gasteiger partial charge < -0.3 is 10.2 Å². The normalized spacial score (nSPS) is 28.2. The summed E-state index contributed by atoms with van der Waals surface area (Å²) >= 11 is 0. The van der Waals surface area contributed by atoms with Gasteiger partial charge >= 0.3 is 0 Å². The van der Waals surface area contributed by atoms with E-state index in [1.165, 1.54) is 19.3 Å². The standard InChI is InChI=1S/C16H25N3O/c1-12-6-5-7-13(2)19(12)11-14(10-17)16(20)18-15-8-3-4-9-15/h11-13,15H,3-9H2,1-2H3,(H,18,20)/b14-11-. The largest absolute Gasteiger partial charge is 0.371 e. The molecule has 1 aliphatic heterocycles. The molecule has 4 nitrogen and oxygen atoms in total. The van der Waals surface area contributed by atoms with Gasteiger partial charge in [0.1, 0.15) is 11.6 Å². The van der Waals surface area contributed by atoms with Crippen LogP contribution in [0.4, 0.5) is 0 Å². The minimum atomic E-state index is -0.204. The van der Waals surface area contributed by atoms with E-state index in [0.29, 0.717) is 12.1 Å². The fourth-order valence-corrected chi connectivity index (χ4v) is 3.32. The third kappa shape index (κ3) is 3.53. The van der Waals surface area contributed by atoms with Gasteiger partial charge in [-0.05, 0) is 46.0 Å². The Morgan fingerprint density at radius 2 is 1.75 bits per heavy atom. The van der Waals surface area contributed by atoms with Crippen LogP contribution >= 0.6 is 0 Å². The Balaban J connectivity index is 2.03. The molecule has 1 saturated carbocycles. The second kappa shape index (κ2) is 6.78. The summed E-state index contributed by atoms with van der Waals surface area (Å²) in [5.41, 5.74) is 0.248. The van der Waals surface area contributed by atoms with Crippen molar-refractivity contribution < 1.29 is 4.79 Å². The number of hydrogen-bond donors (Lipinski definition) is 1. The molecule has 110 valence electrons. The van der Waals surface area contributed by atoms with Crippen LogP contribution in [-0.4, -0.2) is 28.9 Å².